The molecule has 9 nitrogen and oxygen atoms in total. The molecule has 0 bridgehead atoms. The zero-order valence-electron chi connectivity index (χ0n) is 59.7. The van der Waals surface area contributed by atoms with Gasteiger partial charge in [-0.25, -0.2) is 0 Å². The van der Waals surface area contributed by atoms with Gasteiger partial charge >= 0.3 is 0 Å². The quantitative estimate of drug-likeness (QED) is 0.0261. The third-order valence-corrected chi connectivity index (χ3v) is 17.4. The van der Waals surface area contributed by atoms with Crippen LogP contribution in [0.25, 0.3) is 0 Å². The van der Waals surface area contributed by atoms with Gasteiger partial charge in [-0.2, -0.15) is 0 Å². The summed E-state index contributed by atoms with van der Waals surface area (Å²) in [5, 5.41) is 54.8. The van der Waals surface area contributed by atoms with Crippen molar-refractivity contribution in [2.24, 2.45) is 0 Å². The van der Waals surface area contributed by atoms with E-state index in [1.807, 2.05) is 6.08 Å². The first kappa shape index (κ1) is 87.1. The van der Waals surface area contributed by atoms with Crippen LogP contribution in [0.15, 0.2) is 146 Å². The van der Waals surface area contributed by atoms with Gasteiger partial charge in [0.15, 0.2) is 6.29 Å². The Labute approximate surface area is 572 Å². The zero-order chi connectivity index (χ0) is 67.1. The van der Waals surface area contributed by atoms with Crippen LogP contribution in [0, 0.1) is 0 Å². The highest BCUT2D eigenvalue weighted by Gasteiger charge is 2.44. The van der Waals surface area contributed by atoms with Crippen LogP contribution in [0.4, 0.5) is 0 Å². The summed E-state index contributed by atoms with van der Waals surface area (Å²) in [6, 6.07) is -0.845. The maximum atomic E-state index is 13.2. The average Bonchev–Trinajstić information content (AvgIpc) is 1.01. The Morgan fingerprint density at radius 1 is 0.376 bits per heavy atom. The molecule has 532 valence electrons. The first-order valence-electron chi connectivity index (χ1n) is 38.6. The van der Waals surface area contributed by atoms with Crippen LogP contribution in [0.5, 0.6) is 0 Å². The van der Waals surface area contributed by atoms with Gasteiger partial charge in [0.25, 0.3) is 0 Å². The van der Waals surface area contributed by atoms with E-state index in [-0.39, 0.29) is 12.5 Å². The number of unbranched alkanes of at least 4 members (excludes halogenated alkanes) is 34. The van der Waals surface area contributed by atoms with E-state index in [1.165, 1.54) is 180 Å². The Bertz CT molecular complexity index is 1990. The lowest BCUT2D eigenvalue weighted by Gasteiger charge is -2.40. The SMILES string of the molecule is CC/C=C\C/C=C\C/C=C\C/C=C\C/C=C\C/C=C\C/C=C\C/C=C\C/C=C\CCCCCCCCCCCC(=O)NC(COC1OC(CO)C(O)C(O)C1O)C(O)/C=C/CC/C=C/CC/C=C/CCCCCCCCCCCCCCCCCCCCCCCCC. The predicted octanol–water partition coefficient (Wildman–Crippen LogP) is 22.1. The summed E-state index contributed by atoms with van der Waals surface area (Å²) >= 11 is 0. The van der Waals surface area contributed by atoms with Gasteiger partial charge in [-0.05, 0) is 116 Å². The third-order valence-electron chi connectivity index (χ3n) is 17.4. The summed E-state index contributed by atoms with van der Waals surface area (Å²) < 4.78 is 11.3. The van der Waals surface area contributed by atoms with Crippen molar-refractivity contribution >= 4 is 5.91 Å². The van der Waals surface area contributed by atoms with Crippen LogP contribution in [0.3, 0.4) is 0 Å². The van der Waals surface area contributed by atoms with Crippen LogP contribution in [0.1, 0.15) is 322 Å². The Morgan fingerprint density at radius 2 is 0.677 bits per heavy atom. The molecule has 7 atom stereocenters. The molecule has 93 heavy (non-hydrogen) atoms. The zero-order valence-corrected chi connectivity index (χ0v) is 59.7. The van der Waals surface area contributed by atoms with E-state index in [0.717, 1.165) is 122 Å². The summed E-state index contributed by atoms with van der Waals surface area (Å²) in [7, 11) is 0. The molecule has 0 aromatic heterocycles. The van der Waals surface area contributed by atoms with Crippen molar-refractivity contribution < 1.29 is 39.8 Å². The molecule has 1 rings (SSSR count). The summed E-state index contributed by atoms with van der Waals surface area (Å²) in [5.41, 5.74) is 0. The maximum Gasteiger partial charge on any atom is 0.220 e. The van der Waals surface area contributed by atoms with Gasteiger partial charge in [-0.15, -0.1) is 0 Å². The molecular formula is C84H143NO8. The number of rotatable bonds is 66. The normalized spacial score (nSPS) is 18.5. The smallest absolute Gasteiger partial charge is 0.220 e. The van der Waals surface area contributed by atoms with Crippen molar-refractivity contribution in [3.05, 3.63) is 146 Å². The summed E-state index contributed by atoms with van der Waals surface area (Å²) in [5.74, 6) is -0.200. The maximum absolute atomic E-state index is 13.2. The van der Waals surface area contributed by atoms with Crippen LogP contribution in [-0.4, -0.2) is 87.5 Å². The molecule has 6 N–H and O–H groups in total. The van der Waals surface area contributed by atoms with Gasteiger partial charge in [0.05, 0.1) is 25.4 Å². The fraction of sp³-hybridized carbons (Fsp3) is 0.702. The highest BCUT2D eigenvalue weighted by Crippen LogP contribution is 2.23. The number of aliphatic hydroxyl groups is 5. The Kier molecular flexibility index (Phi) is 66.3. The van der Waals surface area contributed by atoms with Crippen LogP contribution in [-0.2, 0) is 14.3 Å². The second-order valence-electron chi connectivity index (χ2n) is 26.0. The van der Waals surface area contributed by atoms with Gasteiger partial charge in [0.2, 0.25) is 5.91 Å². The predicted molar refractivity (Wildman–Crippen MR) is 400 cm³/mol. The second-order valence-corrected chi connectivity index (χ2v) is 26.0. The summed E-state index contributed by atoms with van der Waals surface area (Å²) in [6.07, 6.45) is 103. The van der Waals surface area contributed by atoms with E-state index in [0.29, 0.717) is 6.42 Å². The second kappa shape index (κ2) is 70.9. The first-order chi connectivity index (χ1) is 45.8. The molecule has 1 fully saturated rings. The van der Waals surface area contributed by atoms with E-state index in [1.54, 1.807) is 6.08 Å². The highest BCUT2D eigenvalue weighted by molar-refractivity contribution is 5.76. The number of amides is 1. The average molecular weight is 1300 g/mol. The monoisotopic (exact) mass is 1290 g/mol. The summed E-state index contributed by atoms with van der Waals surface area (Å²) in [6.45, 7) is 3.66. The van der Waals surface area contributed by atoms with Crippen molar-refractivity contribution in [3.8, 4) is 0 Å². The van der Waals surface area contributed by atoms with E-state index in [2.05, 4.69) is 153 Å². The molecule has 0 aliphatic carbocycles. The Balaban J connectivity index is 2.16. The van der Waals surface area contributed by atoms with Crippen molar-refractivity contribution in [3.63, 3.8) is 0 Å². The minimum absolute atomic E-state index is 0.200. The van der Waals surface area contributed by atoms with Gasteiger partial charge in [0, 0.05) is 6.42 Å². The Morgan fingerprint density at radius 3 is 1.03 bits per heavy atom. The van der Waals surface area contributed by atoms with Gasteiger partial charge in [-0.3, -0.25) is 4.79 Å². The summed E-state index contributed by atoms with van der Waals surface area (Å²) in [4.78, 5) is 13.2. The third kappa shape index (κ3) is 59.1. The van der Waals surface area contributed by atoms with Crippen molar-refractivity contribution in [1.29, 1.82) is 0 Å². The number of carbonyl (C=O) groups excluding carboxylic acids is 1. The molecule has 0 saturated carbocycles. The molecule has 9 heteroatoms. The number of allylic oxidation sites excluding steroid dienone is 23. The number of hydrogen-bond acceptors (Lipinski definition) is 8. The number of nitrogens with one attached hydrogen (secondary N) is 1. The lowest BCUT2D eigenvalue weighted by atomic mass is 9.99. The van der Waals surface area contributed by atoms with E-state index in [4.69, 9.17) is 9.47 Å². The molecule has 0 aromatic rings. The van der Waals surface area contributed by atoms with Crippen LogP contribution >= 0.6 is 0 Å². The van der Waals surface area contributed by atoms with E-state index < -0.39 is 49.5 Å². The molecule has 0 aromatic carbocycles. The lowest BCUT2D eigenvalue weighted by molar-refractivity contribution is -0.302. The molecule has 1 saturated heterocycles. The number of carbonyl (C=O) groups is 1. The standard InChI is InChI=1S/C84H143NO8/c1-3-5-7-9-11-13-15-17-19-21-23-25-27-29-31-33-35-37-38-39-40-42-44-46-48-50-52-54-56-58-60-62-64-66-68-70-72-74-80(88)85-77(76-92-84-83(91)82(90)81(89)79(75-86)93-84)78(87)73-71-69-67-65-63-61-59-57-55-53-51-49-47-45-43-41-36-34-32-30-28-26-24-22-20-18-16-14-12-10-8-6-4-2/h5,7,11,13,17,19,23,25,29,31,35,37,39-40,44,46,50,52,55,57,63,65,71,73,77-79,81-84,86-87,89-91H,3-4,6,8-10,12,14-16,18,20-22,24,26-28,30,32-34,36,38,41-43,45,47-49,51,53-54,56,58-62,64,66-70,72,74-76H2,1-2H3,(H,85,88)/b7-5-,13-11-,19-17-,25-23-,31-29-,37-35-,40-39-,46-44-,52-50-,57-55+,65-63+,73-71+. The fourth-order valence-corrected chi connectivity index (χ4v) is 11.4. The number of aliphatic hydroxyl groups excluding tert-OH is 5. The van der Waals surface area contributed by atoms with Gasteiger partial charge < -0.3 is 40.3 Å². The molecule has 0 spiro atoms. The fourth-order valence-electron chi connectivity index (χ4n) is 11.4. The minimum Gasteiger partial charge on any atom is -0.394 e. The van der Waals surface area contributed by atoms with Crippen molar-refractivity contribution in [2.75, 3.05) is 13.2 Å². The first-order valence-corrected chi connectivity index (χ1v) is 38.6. The number of hydrogen-bond donors (Lipinski definition) is 6. The van der Waals surface area contributed by atoms with Crippen molar-refractivity contribution in [2.45, 2.75) is 365 Å². The van der Waals surface area contributed by atoms with Crippen LogP contribution < -0.4 is 5.32 Å². The van der Waals surface area contributed by atoms with Gasteiger partial charge in [0.1, 0.15) is 24.4 Å². The molecule has 1 aliphatic rings. The minimum atomic E-state index is -1.59. The largest absolute Gasteiger partial charge is 0.394 e. The lowest BCUT2D eigenvalue weighted by Crippen LogP contribution is -2.60. The number of ether oxygens (including phenoxy) is 2. The molecule has 1 heterocycles. The van der Waals surface area contributed by atoms with Crippen LogP contribution in [0.2, 0.25) is 0 Å². The Hall–Kier alpha value is -3.93. The van der Waals surface area contributed by atoms with Gasteiger partial charge in [-0.1, -0.05) is 346 Å². The molecule has 1 aliphatic heterocycles. The topological polar surface area (TPSA) is 149 Å². The molecule has 0 radical (unpaired) electrons. The van der Waals surface area contributed by atoms with E-state index in [9.17, 15) is 30.3 Å². The van der Waals surface area contributed by atoms with Crippen molar-refractivity contribution in [1.82, 2.24) is 5.32 Å². The molecule has 1 amide bonds. The van der Waals surface area contributed by atoms with E-state index >= 15 is 0 Å². The molecule has 7 unspecified atom stereocenters. The highest BCUT2D eigenvalue weighted by atomic mass is 16.7. The molecular weight excluding hydrogens is 1150 g/mol.